The molecule has 138 valence electrons. The van der Waals surface area contributed by atoms with Crippen molar-refractivity contribution in [3.05, 3.63) is 59.6 Å². The number of thioether (sulfide) groups is 1. The third-order valence-corrected chi connectivity index (χ3v) is 5.50. The molecule has 0 fully saturated rings. The van der Waals surface area contributed by atoms with Crippen LogP contribution in [0.25, 0.3) is 0 Å². The van der Waals surface area contributed by atoms with E-state index in [0.717, 1.165) is 27.2 Å². The van der Waals surface area contributed by atoms with E-state index in [1.807, 2.05) is 43.3 Å². The van der Waals surface area contributed by atoms with Crippen molar-refractivity contribution in [2.45, 2.75) is 24.8 Å². The van der Waals surface area contributed by atoms with Gasteiger partial charge in [0.05, 0.1) is 36.4 Å². The highest BCUT2D eigenvalue weighted by atomic mass is 32.2. The highest BCUT2D eigenvalue weighted by molar-refractivity contribution is 8.14. The molecular weight excluding hydrogens is 362 g/mol. The molecule has 27 heavy (non-hydrogen) atoms. The molecule has 3 heterocycles. The van der Waals surface area contributed by atoms with Gasteiger partial charge in [0, 0.05) is 11.1 Å². The number of carbonyl (C=O) groups excluding carboxylic acids is 1. The molecule has 2 aliphatic rings. The molecule has 7 heteroatoms. The minimum Gasteiger partial charge on any atom is -0.497 e. The molecule has 1 atom stereocenters. The second-order valence-corrected chi connectivity index (χ2v) is 7.09. The van der Waals surface area contributed by atoms with Crippen LogP contribution in [0.15, 0.2) is 63.8 Å². The van der Waals surface area contributed by atoms with Crippen LogP contribution in [0.5, 0.6) is 5.75 Å². The smallest absolute Gasteiger partial charge is 0.338 e. The molecule has 1 aromatic carbocycles. The van der Waals surface area contributed by atoms with Crippen LogP contribution in [0, 0.1) is 0 Å². The monoisotopic (exact) mass is 381 g/mol. The summed E-state index contributed by atoms with van der Waals surface area (Å²) in [6.45, 7) is 3.95. The number of hydrogen-bond donors (Lipinski definition) is 0. The van der Waals surface area contributed by atoms with Crippen molar-refractivity contribution in [3.8, 4) is 5.75 Å². The number of carbonyl (C=O) groups is 1. The van der Waals surface area contributed by atoms with Crippen LogP contribution in [-0.2, 0) is 9.53 Å². The molecule has 4 rings (SSSR count). The van der Waals surface area contributed by atoms with Gasteiger partial charge in [-0.05, 0) is 55.9 Å². The molecule has 1 unspecified atom stereocenters. The Hall–Kier alpha value is -2.80. The number of esters is 1. The molecular formula is C20H19N3O3S. The standard InChI is InChI=1S/C20H19N3O3S/c1-4-26-19(24)17-12(2)22-20-23(18(17)14-7-5-6-10-21-14)15-9-8-13(25-3)11-16(15)27-20/h5-11,18H,4H2,1-3H3. The van der Waals surface area contributed by atoms with Gasteiger partial charge < -0.3 is 14.4 Å². The number of amidine groups is 1. The molecule has 0 spiro atoms. The predicted molar refractivity (Wildman–Crippen MR) is 105 cm³/mol. The van der Waals surface area contributed by atoms with E-state index in [9.17, 15) is 4.79 Å². The van der Waals surface area contributed by atoms with Gasteiger partial charge in [0.2, 0.25) is 0 Å². The van der Waals surface area contributed by atoms with Gasteiger partial charge >= 0.3 is 5.97 Å². The number of rotatable bonds is 4. The lowest BCUT2D eigenvalue weighted by Crippen LogP contribution is -2.37. The van der Waals surface area contributed by atoms with E-state index in [4.69, 9.17) is 14.5 Å². The Morgan fingerprint density at radius 1 is 1.30 bits per heavy atom. The Balaban J connectivity index is 1.88. The van der Waals surface area contributed by atoms with Gasteiger partial charge in [-0.15, -0.1) is 0 Å². The Bertz CT molecular complexity index is 956. The number of pyridine rings is 1. The van der Waals surface area contributed by atoms with Crippen molar-refractivity contribution < 1.29 is 14.3 Å². The van der Waals surface area contributed by atoms with Crippen LogP contribution in [-0.4, -0.2) is 29.8 Å². The summed E-state index contributed by atoms with van der Waals surface area (Å²) in [5.41, 5.74) is 2.92. The first-order valence-electron chi connectivity index (χ1n) is 8.66. The largest absolute Gasteiger partial charge is 0.497 e. The minimum absolute atomic E-state index is 0.309. The van der Waals surface area contributed by atoms with Gasteiger partial charge in [0.1, 0.15) is 11.8 Å². The molecule has 0 radical (unpaired) electrons. The molecule has 0 saturated carbocycles. The third kappa shape index (κ3) is 2.98. The average Bonchev–Trinajstić information content (AvgIpc) is 3.04. The van der Waals surface area contributed by atoms with Crippen LogP contribution in [0.1, 0.15) is 25.6 Å². The molecule has 2 aromatic rings. The normalized spacial score (nSPS) is 18.0. The number of fused-ring (bicyclic) bond motifs is 3. The summed E-state index contributed by atoms with van der Waals surface area (Å²) in [6.07, 6.45) is 1.73. The molecule has 0 N–H and O–H groups in total. The van der Waals surface area contributed by atoms with E-state index in [2.05, 4.69) is 9.88 Å². The zero-order chi connectivity index (χ0) is 19.0. The van der Waals surface area contributed by atoms with Crippen molar-refractivity contribution in [1.82, 2.24) is 4.98 Å². The van der Waals surface area contributed by atoms with Gasteiger partial charge in [0.15, 0.2) is 5.17 Å². The molecule has 0 amide bonds. The van der Waals surface area contributed by atoms with E-state index in [1.165, 1.54) is 0 Å². The van der Waals surface area contributed by atoms with Gasteiger partial charge in [-0.25, -0.2) is 9.79 Å². The third-order valence-electron chi connectivity index (χ3n) is 4.48. The fraction of sp³-hybridized carbons (Fsp3) is 0.250. The molecule has 0 aliphatic carbocycles. The van der Waals surface area contributed by atoms with Gasteiger partial charge in [-0.2, -0.15) is 0 Å². The lowest BCUT2D eigenvalue weighted by atomic mass is 9.97. The number of ether oxygens (including phenoxy) is 2. The topological polar surface area (TPSA) is 64.0 Å². The summed E-state index contributed by atoms with van der Waals surface area (Å²) in [7, 11) is 1.65. The number of anilines is 1. The summed E-state index contributed by atoms with van der Waals surface area (Å²) in [4.78, 5) is 25.1. The van der Waals surface area contributed by atoms with E-state index in [-0.39, 0.29) is 12.0 Å². The van der Waals surface area contributed by atoms with Gasteiger partial charge in [-0.3, -0.25) is 4.98 Å². The average molecular weight is 381 g/mol. The maximum Gasteiger partial charge on any atom is 0.338 e. The molecule has 6 nitrogen and oxygen atoms in total. The molecule has 1 aromatic heterocycles. The van der Waals surface area contributed by atoms with Crippen molar-refractivity contribution in [2.75, 3.05) is 18.6 Å². The molecule has 0 saturated heterocycles. The first-order valence-corrected chi connectivity index (χ1v) is 9.48. The van der Waals surface area contributed by atoms with E-state index < -0.39 is 0 Å². The van der Waals surface area contributed by atoms with Crippen LogP contribution in [0.2, 0.25) is 0 Å². The highest BCUT2D eigenvalue weighted by Gasteiger charge is 2.42. The lowest BCUT2D eigenvalue weighted by Gasteiger charge is -2.34. The number of aromatic nitrogens is 1. The summed E-state index contributed by atoms with van der Waals surface area (Å²) in [5, 5.41) is 0.819. The van der Waals surface area contributed by atoms with Crippen LogP contribution < -0.4 is 9.64 Å². The fourth-order valence-electron chi connectivity index (χ4n) is 3.30. The Morgan fingerprint density at radius 3 is 2.85 bits per heavy atom. The van der Waals surface area contributed by atoms with Gasteiger partial charge in [0.25, 0.3) is 0 Å². The zero-order valence-corrected chi connectivity index (χ0v) is 16.1. The number of aliphatic imine (C=N–C) groups is 1. The first-order chi connectivity index (χ1) is 13.1. The highest BCUT2D eigenvalue weighted by Crippen LogP contribution is 2.50. The predicted octanol–water partition coefficient (Wildman–Crippen LogP) is 3.95. The van der Waals surface area contributed by atoms with Crippen molar-refractivity contribution >= 4 is 28.6 Å². The summed E-state index contributed by atoms with van der Waals surface area (Å²) >= 11 is 1.56. The van der Waals surface area contributed by atoms with Crippen molar-refractivity contribution in [1.29, 1.82) is 0 Å². The van der Waals surface area contributed by atoms with Crippen LogP contribution >= 0.6 is 11.8 Å². The zero-order valence-electron chi connectivity index (χ0n) is 15.3. The number of allylic oxidation sites excluding steroid dienone is 1. The molecule has 2 aliphatic heterocycles. The summed E-state index contributed by atoms with van der Waals surface area (Å²) in [5.74, 6) is 0.423. The number of benzene rings is 1. The number of hydrogen-bond acceptors (Lipinski definition) is 7. The van der Waals surface area contributed by atoms with E-state index in [1.54, 1.807) is 32.0 Å². The Labute approximate surface area is 161 Å². The Morgan fingerprint density at radius 2 is 2.15 bits per heavy atom. The van der Waals surface area contributed by atoms with Crippen LogP contribution in [0.3, 0.4) is 0 Å². The van der Waals surface area contributed by atoms with Gasteiger partial charge in [-0.1, -0.05) is 6.07 Å². The first kappa shape index (κ1) is 17.6. The number of nitrogens with zero attached hydrogens (tertiary/aromatic N) is 3. The second-order valence-electron chi connectivity index (χ2n) is 6.08. The summed E-state index contributed by atoms with van der Waals surface area (Å²) in [6, 6.07) is 11.2. The summed E-state index contributed by atoms with van der Waals surface area (Å²) < 4.78 is 10.7. The Kier molecular flexibility index (Phi) is 4.61. The fourth-order valence-corrected chi connectivity index (χ4v) is 4.42. The van der Waals surface area contributed by atoms with Crippen LogP contribution in [0.4, 0.5) is 5.69 Å². The van der Waals surface area contributed by atoms with Crippen molar-refractivity contribution in [3.63, 3.8) is 0 Å². The maximum absolute atomic E-state index is 12.8. The lowest BCUT2D eigenvalue weighted by molar-refractivity contribution is -0.138. The molecule has 0 bridgehead atoms. The minimum atomic E-state index is -0.389. The second kappa shape index (κ2) is 7.08. The van der Waals surface area contributed by atoms with E-state index in [0.29, 0.717) is 17.9 Å². The van der Waals surface area contributed by atoms with E-state index >= 15 is 0 Å². The number of methoxy groups -OCH3 is 1. The quantitative estimate of drug-likeness (QED) is 0.747. The maximum atomic E-state index is 12.8. The SMILES string of the molecule is CCOC(=O)C1=C(C)N=C2Sc3cc(OC)ccc3N2C1c1ccccn1. The van der Waals surface area contributed by atoms with Crippen molar-refractivity contribution in [2.24, 2.45) is 4.99 Å².